The third-order valence-corrected chi connectivity index (χ3v) is 4.33. The van der Waals surface area contributed by atoms with Crippen LogP contribution in [0.5, 0.6) is 0 Å². The quantitative estimate of drug-likeness (QED) is 0.440. The number of carbonyl (C=O) groups is 2. The van der Waals surface area contributed by atoms with Gasteiger partial charge in [-0.3, -0.25) is 4.79 Å². The summed E-state index contributed by atoms with van der Waals surface area (Å²) in [5.74, 6) is -0.937. The van der Waals surface area contributed by atoms with E-state index in [4.69, 9.17) is 4.74 Å². The fraction of sp³-hybridized carbons (Fsp3) is 0.111. The van der Waals surface area contributed by atoms with Crippen LogP contribution < -0.4 is 5.32 Å². The van der Waals surface area contributed by atoms with E-state index in [1.165, 1.54) is 17.8 Å². The molecule has 6 heteroatoms. The van der Waals surface area contributed by atoms with E-state index in [0.717, 1.165) is 14.9 Å². The van der Waals surface area contributed by atoms with Crippen molar-refractivity contribution in [2.45, 2.75) is 4.90 Å². The number of ether oxygens (including phenoxy) is 1. The van der Waals surface area contributed by atoms with Crippen LogP contribution in [0.15, 0.2) is 64.0 Å². The lowest BCUT2D eigenvalue weighted by atomic mass is 10.2. The van der Waals surface area contributed by atoms with Gasteiger partial charge in [0, 0.05) is 15.4 Å². The molecule has 0 aliphatic rings. The van der Waals surface area contributed by atoms with Crippen LogP contribution in [-0.4, -0.2) is 24.7 Å². The highest BCUT2D eigenvalue weighted by Crippen LogP contribution is 2.24. The summed E-state index contributed by atoms with van der Waals surface area (Å²) in [4.78, 5) is 24.5. The maximum atomic E-state index is 11.9. The Morgan fingerprint density at radius 2 is 1.88 bits per heavy atom. The van der Waals surface area contributed by atoms with Crippen molar-refractivity contribution in [3.05, 3.63) is 64.6 Å². The molecular formula is C18H16BrNO3S. The van der Waals surface area contributed by atoms with E-state index in [0.29, 0.717) is 5.69 Å². The zero-order valence-corrected chi connectivity index (χ0v) is 15.4. The fourth-order valence-electron chi connectivity index (χ4n) is 1.86. The number of hydrogen-bond acceptors (Lipinski definition) is 4. The van der Waals surface area contributed by atoms with Crippen LogP contribution >= 0.6 is 27.7 Å². The number of thioether (sulfide) groups is 1. The molecule has 0 atom stereocenters. The molecule has 24 heavy (non-hydrogen) atoms. The van der Waals surface area contributed by atoms with Gasteiger partial charge in [0.15, 0.2) is 6.61 Å². The van der Waals surface area contributed by atoms with E-state index in [1.807, 2.05) is 48.7 Å². The van der Waals surface area contributed by atoms with Crippen LogP contribution in [0.1, 0.15) is 5.56 Å². The minimum absolute atomic E-state index is 0.327. The molecule has 2 aromatic carbocycles. The minimum Gasteiger partial charge on any atom is -0.452 e. The van der Waals surface area contributed by atoms with E-state index in [1.54, 1.807) is 12.1 Å². The zero-order chi connectivity index (χ0) is 17.4. The van der Waals surface area contributed by atoms with Gasteiger partial charge in [-0.15, -0.1) is 11.8 Å². The Morgan fingerprint density at radius 3 is 2.58 bits per heavy atom. The summed E-state index contributed by atoms with van der Waals surface area (Å²) >= 11 is 4.87. The van der Waals surface area contributed by atoms with Gasteiger partial charge in [-0.25, -0.2) is 4.79 Å². The number of esters is 1. The number of anilines is 1. The Labute approximate surface area is 153 Å². The summed E-state index contributed by atoms with van der Waals surface area (Å²) in [5, 5.41) is 2.73. The number of amides is 1. The molecule has 124 valence electrons. The lowest BCUT2D eigenvalue weighted by molar-refractivity contribution is -0.142. The number of halogens is 1. The van der Waals surface area contributed by atoms with E-state index >= 15 is 0 Å². The fourth-order valence-corrected chi connectivity index (χ4v) is 2.68. The summed E-state index contributed by atoms with van der Waals surface area (Å²) in [5.41, 5.74) is 1.57. The molecule has 2 aromatic rings. The molecule has 0 saturated carbocycles. The second kappa shape index (κ2) is 9.30. The van der Waals surface area contributed by atoms with Crippen molar-refractivity contribution < 1.29 is 14.3 Å². The Kier molecular flexibility index (Phi) is 7.08. The topological polar surface area (TPSA) is 55.4 Å². The second-order valence-electron chi connectivity index (χ2n) is 4.74. The van der Waals surface area contributed by atoms with E-state index in [2.05, 4.69) is 21.2 Å². The molecule has 0 aliphatic heterocycles. The van der Waals surface area contributed by atoms with E-state index in [-0.39, 0.29) is 12.5 Å². The molecule has 0 fully saturated rings. The molecule has 0 radical (unpaired) electrons. The molecule has 0 heterocycles. The minimum atomic E-state index is -0.564. The highest BCUT2D eigenvalue weighted by Gasteiger charge is 2.08. The van der Waals surface area contributed by atoms with Gasteiger partial charge >= 0.3 is 5.97 Å². The molecule has 1 amide bonds. The molecule has 0 unspecified atom stereocenters. The molecular weight excluding hydrogens is 390 g/mol. The first-order chi connectivity index (χ1) is 11.6. The Hall–Kier alpha value is -2.05. The predicted octanol–water partition coefficient (Wildman–Crippen LogP) is 4.37. The molecule has 0 aromatic heterocycles. The maximum absolute atomic E-state index is 11.9. The van der Waals surface area contributed by atoms with E-state index < -0.39 is 5.97 Å². The van der Waals surface area contributed by atoms with Gasteiger partial charge in [0.25, 0.3) is 5.91 Å². The maximum Gasteiger partial charge on any atom is 0.331 e. The van der Waals surface area contributed by atoms with Gasteiger partial charge in [0.05, 0.1) is 5.69 Å². The van der Waals surface area contributed by atoms with Crippen molar-refractivity contribution in [1.29, 1.82) is 0 Å². The molecule has 2 rings (SSSR count). The summed E-state index contributed by atoms with van der Waals surface area (Å²) in [6.07, 6.45) is 4.86. The van der Waals surface area contributed by atoms with Crippen LogP contribution in [-0.2, 0) is 14.3 Å². The molecule has 0 spiro atoms. The SMILES string of the molecule is CSc1ccccc1NC(=O)COC(=O)/C=C/c1ccc(Br)cc1. The summed E-state index contributed by atoms with van der Waals surface area (Å²) < 4.78 is 5.90. The monoisotopic (exact) mass is 405 g/mol. The normalized spacial score (nSPS) is 10.6. The first-order valence-electron chi connectivity index (χ1n) is 7.12. The lowest BCUT2D eigenvalue weighted by Gasteiger charge is -2.08. The smallest absolute Gasteiger partial charge is 0.331 e. The average molecular weight is 406 g/mol. The standard InChI is InChI=1S/C18H16BrNO3S/c1-24-16-5-3-2-4-15(16)20-17(21)12-23-18(22)11-8-13-6-9-14(19)10-7-13/h2-11H,12H2,1H3,(H,20,21)/b11-8+. The van der Waals surface area contributed by atoms with Crippen molar-refractivity contribution in [2.24, 2.45) is 0 Å². The average Bonchev–Trinajstić information content (AvgIpc) is 2.60. The van der Waals surface area contributed by atoms with Crippen LogP contribution in [0, 0.1) is 0 Å². The van der Waals surface area contributed by atoms with Crippen molar-refractivity contribution in [3.63, 3.8) is 0 Å². The first-order valence-corrected chi connectivity index (χ1v) is 9.13. The first kappa shape index (κ1) is 18.3. The second-order valence-corrected chi connectivity index (χ2v) is 6.50. The van der Waals surface area contributed by atoms with Crippen molar-refractivity contribution >= 4 is 51.3 Å². The zero-order valence-electron chi connectivity index (χ0n) is 13.0. The van der Waals surface area contributed by atoms with Crippen LogP contribution in [0.4, 0.5) is 5.69 Å². The largest absolute Gasteiger partial charge is 0.452 e. The third-order valence-electron chi connectivity index (χ3n) is 3.01. The Balaban J connectivity index is 1.82. The number of hydrogen-bond donors (Lipinski definition) is 1. The molecule has 0 bridgehead atoms. The summed E-state index contributed by atoms with van der Waals surface area (Å²) in [7, 11) is 0. The third kappa shape index (κ3) is 5.86. The van der Waals surface area contributed by atoms with Gasteiger partial charge in [-0.05, 0) is 42.2 Å². The molecule has 0 saturated heterocycles. The predicted molar refractivity (Wildman–Crippen MR) is 101 cm³/mol. The van der Waals surface area contributed by atoms with Gasteiger partial charge in [0.1, 0.15) is 0 Å². The summed E-state index contributed by atoms with van der Waals surface area (Å²) in [6.45, 7) is -0.327. The van der Waals surface area contributed by atoms with Crippen LogP contribution in [0.3, 0.4) is 0 Å². The van der Waals surface area contributed by atoms with Gasteiger partial charge < -0.3 is 10.1 Å². The Morgan fingerprint density at radius 1 is 1.17 bits per heavy atom. The Bertz CT molecular complexity index is 744. The number of carbonyl (C=O) groups excluding carboxylic acids is 2. The molecule has 4 nitrogen and oxygen atoms in total. The number of para-hydroxylation sites is 1. The van der Waals surface area contributed by atoms with Crippen molar-refractivity contribution in [3.8, 4) is 0 Å². The van der Waals surface area contributed by atoms with Gasteiger partial charge in [0.2, 0.25) is 0 Å². The lowest BCUT2D eigenvalue weighted by Crippen LogP contribution is -2.20. The number of benzene rings is 2. The summed E-state index contributed by atoms with van der Waals surface area (Å²) in [6, 6.07) is 14.9. The van der Waals surface area contributed by atoms with Crippen molar-refractivity contribution in [1.82, 2.24) is 0 Å². The molecule has 0 aliphatic carbocycles. The highest BCUT2D eigenvalue weighted by atomic mass is 79.9. The molecule has 1 N–H and O–H groups in total. The van der Waals surface area contributed by atoms with Crippen molar-refractivity contribution in [2.75, 3.05) is 18.2 Å². The number of rotatable bonds is 6. The van der Waals surface area contributed by atoms with Gasteiger partial charge in [-0.1, -0.05) is 40.2 Å². The van der Waals surface area contributed by atoms with E-state index in [9.17, 15) is 9.59 Å². The highest BCUT2D eigenvalue weighted by molar-refractivity contribution is 9.10. The van der Waals surface area contributed by atoms with Crippen LogP contribution in [0.25, 0.3) is 6.08 Å². The van der Waals surface area contributed by atoms with Crippen LogP contribution in [0.2, 0.25) is 0 Å². The van der Waals surface area contributed by atoms with Gasteiger partial charge in [-0.2, -0.15) is 0 Å². The number of nitrogens with one attached hydrogen (secondary N) is 1.